The first kappa shape index (κ1) is 20.2. The number of nitrogens with one attached hydrogen (secondary N) is 1. The molecule has 0 aliphatic heterocycles. The first-order valence-electron chi connectivity index (χ1n) is 8.35. The summed E-state index contributed by atoms with van der Waals surface area (Å²) in [4.78, 5) is 4.49. The maximum atomic E-state index is 13.0. The smallest absolute Gasteiger partial charge is 0.244 e. The van der Waals surface area contributed by atoms with Crippen LogP contribution in [0.3, 0.4) is 0 Å². The lowest BCUT2D eigenvalue weighted by Gasteiger charge is -2.11. The van der Waals surface area contributed by atoms with Gasteiger partial charge in [-0.3, -0.25) is 0 Å². The third kappa shape index (κ3) is 4.67. The summed E-state index contributed by atoms with van der Waals surface area (Å²) in [6.07, 6.45) is 0.420. The fourth-order valence-electron chi connectivity index (χ4n) is 2.53. The Balaban J connectivity index is 1.67. The van der Waals surface area contributed by atoms with E-state index >= 15 is 0 Å². The molecule has 3 aromatic rings. The maximum absolute atomic E-state index is 13.0. The van der Waals surface area contributed by atoms with Crippen LogP contribution in [0.4, 0.5) is 4.39 Å². The molecule has 0 saturated carbocycles. The number of halogens is 1. The van der Waals surface area contributed by atoms with Gasteiger partial charge in [0.15, 0.2) is 0 Å². The van der Waals surface area contributed by atoms with Crippen LogP contribution in [0.1, 0.15) is 5.69 Å². The Kier molecular flexibility index (Phi) is 6.28. The summed E-state index contributed by atoms with van der Waals surface area (Å²) < 4.78 is 51.1. The summed E-state index contributed by atoms with van der Waals surface area (Å²) in [7, 11) is -0.902. The van der Waals surface area contributed by atoms with Gasteiger partial charge in [-0.25, -0.2) is 22.5 Å². The van der Waals surface area contributed by atoms with Gasteiger partial charge in [0.2, 0.25) is 10.0 Å². The number of hydrogen-bond acceptors (Lipinski definition) is 6. The highest BCUT2D eigenvalue weighted by molar-refractivity contribution is 7.89. The highest BCUT2D eigenvalue weighted by Gasteiger charge is 2.20. The van der Waals surface area contributed by atoms with Crippen molar-refractivity contribution in [3.8, 4) is 22.1 Å². The molecule has 2 aromatic carbocycles. The molecule has 1 N–H and O–H groups in total. The first-order chi connectivity index (χ1) is 13.4. The lowest BCUT2D eigenvalue weighted by Crippen LogP contribution is -2.26. The van der Waals surface area contributed by atoms with Gasteiger partial charge in [0.25, 0.3) is 0 Å². The minimum Gasteiger partial charge on any atom is -0.497 e. The van der Waals surface area contributed by atoms with E-state index in [1.807, 2.05) is 5.38 Å². The number of aromatic nitrogens is 1. The average molecular weight is 423 g/mol. The molecular weight excluding hydrogens is 403 g/mol. The van der Waals surface area contributed by atoms with Crippen LogP contribution in [0, 0.1) is 5.82 Å². The number of sulfonamides is 1. The Bertz CT molecular complexity index is 1050. The third-order valence-electron chi connectivity index (χ3n) is 3.98. The molecule has 1 aromatic heterocycles. The number of rotatable bonds is 8. The molecule has 28 heavy (non-hydrogen) atoms. The Labute approximate surface area is 167 Å². The van der Waals surface area contributed by atoms with E-state index in [1.165, 1.54) is 43.8 Å². The fourth-order valence-corrected chi connectivity index (χ4v) is 4.61. The summed E-state index contributed by atoms with van der Waals surface area (Å²) in [5.74, 6) is 0.355. The van der Waals surface area contributed by atoms with Gasteiger partial charge in [-0.2, -0.15) is 0 Å². The predicted molar refractivity (Wildman–Crippen MR) is 106 cm³/mol. The van der Waals surface area contributed by atoms with Crippen LogP contribution < -0.4 is 14.2 Å². The predicted octanol–water partition coefficient (Wildman–Crippen LogP) is 3.49. The second-order valence-electron chi connectivity index (χ2n) is 5.82. The van der Waals surface area contributed by atoms with Crippen LogP contribution in [0.5, 0.6) is 11.5 Å². The van der Waals surface area contributed by atoms with Crippen molar-refractivity contribution in [3.05, 3.63) is 59.4 Å². The van der Waals surface area contributed by atoms with Crippen LogP contribution >= 0.6 is 11.3 Å². The summed E-state index contributed by atoms with van der Waals surface area (Å²) in [6, 6.07) is 10.7. The SMILES string of the molecule is COc1ccc(OC)c(S(=O)(=O)NCCc2csc(-c3ccc(F)cc3)n2)c1. The van der Waals surface area contributed by atoms with Crippen molar-refractivity contribution in [2.45, 2.75) is 11.3 Å². The van der Waals surface area contributed by atoms with Crippen molar-refractivity contribution >= 4 is 21.4 Å². The minimum atomic E-state index is -3.78. The molecule has 0 atom stereocenters. The Morgan fingerprint density at radius 3 is 2.54 bits per heavy atom. The van der Waals surface area contributed by atoms with Crippen LogP contribution in [0.15, 0.2) is 52.7 Å². The van der Waals surface area contributed by atoms with Gasteiger partial charge in [-0.1, -0.05) is 0 Å². The van der Waals surface area contributed by atoms with Crippen molar-refractivity contribution < 1.29 is 22.3 Å². The molecule has 148 valence electrons. The van der Waals surface area contributed by atoms with E-state index in [1.54, 1.807) is 24.3 Å². The second-order valence-corrected chi connectivity index (χ2v) is 8.41. The molecule has 6 nitrogen and oxygen atoms in total. The zero-order valence-corrected chi connectivity index (χ0v) is 16.9. The van der Waals surface area contributed by atoms with Crippen LogP contribution in [-0.4, -0.2) is 34.2 Å². The van der Waals surface area contributed by atoms with Crippen LogP contribution in [0.2, 0.25) is 0 Å². The first-order valence-corrected chi connectivity index (χ1v) is 10.7. The Morgan fingerprint density at radius 1 is 1.11 bits per heavy atom. The minimum absolute atomic E-state index is 0.0135. The van der Waals surface area contributed by atoms with Crippen LogP contribution in [-0.2, 0) is 16.4 Å². The molecule has 0 unspecified atom stereocenters. The quantitative estimate of drug-likeness (QED) is 0.601. The zero-order chi connectivity index (χ0) is 20.1. The molecule has 3 rings (SSSR count). The molecule has 9 heteroatoms. The lowest BCUT2D eigenvalue weighted by molar-refractivity contribution is 0.392. The molecule has 0 bridgehead atoms. The van der Waals surface area contributed by atoms with Gasteiger partial charge in [0, 0.05) is 30.0 Å². The van der Waals surface area contributed by atoms with Crippen molar-refractivity contribution in [1.82, 2.24) is 9.71 Å². The third-order valence-corrected chi connectivity index (χ3v) is 6.40. The molecule has 0 fully saturated rings. The zero-order valence-electron chi connectivity index (χ0n) is 15.3. The largest absolute Gasteiger partial charge is 0.497 e. The summed E-state index contributed by atoms with van der Waals surface area (Å²) in [6.45, 7) is 0.176. The van der Waals surface area contributed by atoms with Gasteiger partial charge in [0.1, 0.15) is 27.2 Å². The fraction of sp³-hybridized carbons (Fsp3) is 0.211. The van der Waals surface area contributed by atoms with Crippen molar-refractivity contribution in [3.63, 3.8) is 0 Å². The topological polar surface area (TPSA) is 77.5 Å². The van der Waals surface area contributed by atoms with Gasteiger partial charge in [-0.15, -0.1) is 11.3 Å². The van der Waals surface area contributed by atoms with E-state index < -0.39 is 10.0 Å². The Morgan fingerprint density at radius 2 is 1.86 bits per heavy atom. The van der Waals surface area contributed by atoms with E-state index in [9.17, 15) is 12.8 Å². The maximum Gasteiger partial charge on any atom is 0.244 e. The van der Waals surface area contributed by atoms with Gasteiger partial charge >= 0.3 is 0 Å². The van der Waals surface area contributed by atoms with E-state index in [0.29, 0.717) is 12.2 Å². The lowest BCUT2D eigenvalue weighted by atomic mass is 10.2. The summed E-state index contributed by atoms with van der Waals surface area (Å²) in [5.41, 5.74) is 1.57. The standard InChI is InChI=1S/C19H19FN2O4S2/c1-25-16-7-8-17(26-2)18(11-16)28(23,24)21-10-9-15-12-27-19(22-15)13-3-5-14(20)6-4-13/h3-8,11-12,21H,9-10H2,1-2H3. The number of nitrogens with zero attached hydrogens (tertiary/aromatic N) is 1. The van der Waals surface area contributed by atoms with Crippen molar-refractivity contribution in [1.29, 1.82) is 0 Å². The summed E-state index contributed by atoms with van der Waals surface area (Å²) >= 11 is 1.43. The van der Waals surface area contributed by atoms with Gasteiger partial charge in [0.05, 0.1) is 19.9 Å². The Hall–Kier alpha value is -2.49. The van der Waals surface area contributed by atoms with Crippen molar-refractivity contribution in [2.75, 3.05) is 20.8 Å². The van der Waals surface area contributed by atoms with E-state index in [4.69, 9.17) is 9.47 Å². The highest BCUT2D eigenvalue weighted by atomic mass is 32.2. The average Bonchev–Trinajstić information content (AvgIpc) is 3.16. The number of ether oxygens (including phenoxy) is 2. The van der Waals surface area contributed by atoms with Gasteiger partial charge < -0.3 is 9.47 Å². The van der Waals surface area contributed by atoms with E-state index in [2.05, 4.69) is 9.71 Å². The highest BCUT2D eigenvalue weighted by Crippen LogP contribution is 2.28. The second kappa shape index (κ2) is 8.68. The molecule has 0 saturated heterocycles. The van der Waals surface area contributed by atoms with Crippen molar-refractivity contribution in [2.24, 2.45) is 0 Å². The number of hydrogen-bond donors (Lipinski definition) is 1. The van der Waals surface area contributed by atoms with Gasteiger partial charge in [-0.05, 0) is 36.4 Å². The van der Waals surface area contributed by atoms with Crippen LogP contribution in [0.25, 0.3) is 10.6 Å². The molecule has 0 radical (unpaired) electrons. The number of methoxy groups -OCH3 is 2. The molecule has 0 spiro atoms. The van der Waals surface area contributed by atoms with E-state index in [0.717, 1.165) is 16.3 Å². The monoisotopic (exact) mass is 422 g/mol. The molecule has 0 aliphatic rings. The van der Waals surface area contributed by atoms with E-state index in [-0.39, 0.29) is 23.0 Å². The molecule has 0 aliphatic carbocycles. The summed E-state index contributed by atoms with van der Waals surface area (Å²) in [5, 5.41) is 2.62. The molecule has 1 heterocycles. The molecular formula is C19H19FN2O4S2. The number of benzene rings is 2. The molecule has 0 amide bonds. The normalized spacial score (nSPS) is 11.4. The number of thiazole rings is 1.